The Morgan fingerprint density at radius 1 is 1.37 bits per heavy atom. The maximum atomic E-state index is 11.3. The molecule has 0 bridgehead atoms. The third kappa shape index (κ3) is 4.12. The Morgan fingerprint density at radius 3 is 2.48 bits per heavy atom. The molecule has 1 fully saturated rings. The number of nitrogens with one attached hydrogen (secondary N) is 1. The number of carbonyl (C=O) groups excluding carboxylic acids is 1. The maximum absolute atomic E-state index is 11.3. The molecule has 16 nitrogen and oxygen atoms in total. The first-order valence-electron chi connectivity index (χ1n) is 7.16. The molecule has 2 aliphatic rings. The third-order valence-electron chi connectivity index (χ3n) is 3.93. The molecule has 3 unspecified atom stereocenters. The van der Waals surface area contributed by atoms with Crippen LogP contribution < -0.4 is 21.9 Å². The first-order chi connectivity index (χ1) is 12.2. The Labute approximate surface area is 151 Å². The number of guanidine groups is 2. The lowest BCUT2D eigenvalue weighted by Crippen LogP contribution is -2.65. The summed E-state index contributed by atoms with van der Waals surface area (Å²) in [5.41, 5.74) is 16.3. The van der Waals surface area contributed by atoms with Crippen LogP contribution in [0.4, 0.5) is 4.79 Å². The number of amides is 1. The second kappa shape index (κ2) is 6.62. The normalized spacial score (nSPS) is 28.7. The molecular formula is C10H19N7O9S. The highest BCUT2D eigenvalue weighted by Gasteiger charge is 2.67. The molecule has 2 aliphatic heterocycles. The summed E-state index contributed by atoms with van der Waals surface area (Å²) >= 11 is 0. The van der Waals surface area contributed by atoms with E-state index in [9.17, 15) is 33.6 Å². The lowest BCUT2D eigenvalue weighted by molar-refractivity contribution is -0.340. The van der Waals surface area contributed by atoms with E-state index in [1.807, 2.05) is 0 Å². The van der Waals surface area contributed by atoms with Crippen LogP contribution in [0.3, 0.4) is 0 Å². The van der Waals surface area contributed by atoms with E-state index in [4.69, 9.17) is 21.8 Å². The first kappa shape index (κ1) is 20.9. The number of fused-ring (bicyclic) bond motifs is 1. The molecule has 0 radical (unpaired) electrons. The van der Waals surface area contributed by atoms with Crippen LogP contribution in [-0.2, 0) is 15.0 Å². The molecule has 17 heteroatoms. The second-order valence-corrected chi connectivity index (χ2v) is 7.04. The van der Waals surface area contributed by atoms with Crippen LogP contribution in [0.5, 0.6) is 0 Å². The molecule has 12 N–H and O–H groups in total. The fraction of sp³-hybridized carbons (Fsp3) is 0.700. The van der Waals surface area contributed by atoms with Gasteiger partial charge in [-0.25, -0.2) is 14.8 Å². The number of aliphatic hydroxyl groups is 4. The molecule has 1 saturated heterocycles. The van der Waals surface area contributed by atoms with Gasteiger partial charge in [-0.3, -0.25) is 4.55 Å². The van der Waals surface area contributed by atoms with Crippen LogP contribution in [0.2, 0.25) is 0 Å². The van der Waals surface area contributed by atoms with Crippen molar-refractivity contribution in [1.29, 1.82) is 0 Å². The average molecular weight is 413 g/mol. The average Bonchev–Trinajstić information content (AvgIpc) is 2.64. The van der Waals surface area contributed by atoms with E-state index in [2.05, 4.69) is 14.7 Å². The van der Waals surface area contributed by atoms with Crippen molar-refractivity contribution in [1.82, 2.24) is 9.62 Å². The largest absolute Gasteiger partial charge is 0.446 e. The van der Waals surface area contributed by atoms with E-state index >= 15 is 0 Å². The molecule has 2 heterocycles. The summed E-state index contributed by atoms with van der Waals surface area (Å²) in [6.07, 6.45) is -1.57. The summed E-state index contributed by atoms with van der Waals surface area (Å²) in [4.78, 5) is 19.9. The van der Waals surface area contributed by atoms with Crippen LogP contribution in [0.1, 0.15) is 0 Å². The van der Waals surface area contributed by atoms with Gasteiger partial charge in [-0.1, -0.05) is 0 Å². The van der Waals surface area contributed by atoms with Crippen molar-refractivity contribution in [2.45, 2.75) is 29.7 Å². The van der Waals surface area contributed by atoms with Gasteiger partial charge in [0, 0.05) is 0 Å². The molecule has 0 aromatic rings. The zero-order valence-electron chi connectivity index (χ0n) is 13.5. The van der Waals surface area contributed by atoms with E-state index in [0.717, 1.165) is 9.62 Å². The van der Waals surface area contributed by atoms with Crippen LogP contribution in [0, 0.1) is 0 Å². The Kier molecular flexibility index (Phi) is 5.12. The van der Waals surface area contributed by atoms with Crippen molar-refractivity contribution in [3.8, 4) is 0 Å². The summed E-state index contributed by atoms with van der Waals surface area (Å²) in [5.74, 6) is -7.09. The van der Waals surface area contributed by atoms with E-state index in [0.29, 0.717) is 0 Å². The minimum Gasteiger partial charge on any atom is -0.446 e. The number of nitrogens with zero attached hydrogens (tertiary/aromatic N) is 3. The smallest absolute Gasteiger partial charge is 0.422 e. The summed E-state index contributed by atoms with van der Waals surface area (Å²) in [6, 6.07) is -4.27. The van der Waals surface area contributed by atoms with Crippen molar-refractivity contribution in [2.24, 2.45) is 27.2 Å². The fourth-order valence-corrected chi connectivity index (χ4v) is 3.11. The minimum atomic E-state index is -4.87. The number of carbonyl (C=O) groups is 1. The lowest BCUT2D eigenvalue weighted by atomic mass is 9.91. The number of hydrogen-bond acceptors (Lipinski definition) is 12. The van der Waals surface area contributed by atoms with Crippen molar-refractivity contribution < 1.29 is 42.9 Å². The highest BCUT2D eigenvalue weighted by atomic mass is 32.2. The summed E-state index contributed by atoms with van der Waals surface area (Å²) in [7, 11) is -4.87. The maximum Gasteiger partial charge on any atom is 0.422 e. The Balaban J connectivity index is 2.32. The predicted molar refractivity (Wildman–Crippen MR) is 85.9 cm³/mol. The first-order valence-corrected chi connectivity index (χ1v) is 8.60. The zero-order chi connectivity index (χ0) is 20.8. The van der Waals surface area contributed by atoms with Crippen LogP contribution in [0.15, 0.2) is 9.98 Å². The Bertz CT molecular complexity index is 776. The minimum absolute atomic E-state index is 0.372. The lowest BCUT2D eigenvalue weighted by Gasteiger charge is -2.41. The van der Waals surface area contributed by atoms with Gasteiger partial charge in [-0.05, 0) is 0 Å². The van der Waals surface area contributed by atoms with E-state index in [-0.39, 0.29) is 5.96 Å². The summed E-state index contributed by atoms with van der Waals surface area (Å²) in [6.45, 7) is -1.46. The summed E-state index contributed by atoms with van der Waals surface area (Å²) < 4.78 is 35.4. The molecule has 3 atom stereocenters. The number of aliphatic imine (C=N–C) groups is 2. The molecule has 1 amide bonds. The molecule has 0 aliphatic carbocycles. The summed E-state index contributed by atoms with van der Waals surface area (Å²) in [5, 5.41) is 40.1. The molecule has 27 heavy (non-hydrogen) atoms. The third-order valence-corrected chi connectivity index (χ3v) is 4.36. The van der Waals surface area contributed by atoms with Gasteiger partial charge in [0.1, 0.15) is 24.7 Å². The van der Waals surface area contributed by atoms with Crippen molar-refractivity contribution in [3.63, 3.8) is 0 Å². The van der Waals surface area contributed by atoms with Gasteiger partial charge in [-0.15, -0.1) is 0 Å². The van der Waals surface area contributed by atoms with Crippen molar-refractivity contribution >= 4 is 28.3 Å². The number of nitrogens with two attached hydrogens (primary N) is 3. The number of rotatable bonds is 4. The molecule has 0 spiro atoms. The second-order valence-electron chi connectivity index (χ2n) is 5.89. The number of ether oxygens (including phenoxy) is 1. The molecule has 154 valence electrons. The molecule has 2 rings (SSSR count). The van der Waals surface area contributed by atoms with Crippen molar-refractivity contribution in [3.05, 3.63) is 0 Å². The Morgan fingerprint density at radius 2 is 1.96 bits per heavy atom. The molecule has 0 aromatic carbocycles. The van der Waals surface area contributed by atoms with Crippen LogP contribution in [0.25, 0.3) is 0 Å². The van der Waals surface area contributed by atoms with E-state index < -0.39 is 65.2 Å². The van der Waals surface area contributed by atoms with Gasteiger partial charge in [0.2, 0.25) is 11.6 Å². The fourth-order valence-electron chi connectivity index (χ4n) is 2.84. The van der Waals surface area contributed by atoms with Crippen molar-refractivity contribution in [2.75, 3.05) is 13.2 Å². The molecular weight excluding hydrogens is 394 g/mol. The SMILES string of the molecule is NC(N)=NC1C(COC(=O)NS(=O)(=O)O)N=C(N)N2CC(O)(O)C(O)(O)C12. The molecule has 0 saturated carbocycles. The highest BCUT2D eigenvalue weighted by Crippen LogP contribution is 2.39. The monoisotopic (exact) mass is 413 g/mol. The van der Waals surface area contributed by atoms with Crippen LogP contribution in [-0.4, -0.2) is 99.2 Å². The zero-order valence-corrected chi connectivity index (χ0v) is 14.3. The van der Waals surface area contributed by atoms with Gasteiger partial charge in [0.25, 0.3) is 0 Å². The van der Waals surface area contributed by atoms with Gasteiger partial charge in [0.15, 0.2) is 11.9 Å². The quantitative estimate of drug-likeness (QED) is 0.0898. The van der Waals surface area contributed by atoms with Gasteiger partial charge in [-0.2, -0.15) is 13.1 Å². The number of hydrogen-bond donors (Lipinski definition) is 9. The van der Waals surface area contributed by atoms with Gasteiger partial charge >= 0.3 is 16.4 Å². The van der Waals surface area contributed by atoms with Gasteiger partial charge < -0.3 is 47.3 Å². The van der Waals surface area contributed by atoms with E-state index in [1.54, 1.807) is 0 Å². The standard InChI is InChI=1S/C10H19N7O9S/c11-6(12)15-4-3(1-26-8(18)16-27(23,24)25)14-7(13)17-2-9(19,20)10(21,22)5(4)17/h3-5,19-22H,1-2H2,(H2,13,14)(H,16,18)(H4,11,12,15)(H,23,24,25). The molecule has 0 aromatic heterocycles. The highest BCUT2D eigenvalue weighted by molar-refractivity contribution is 7.84. The topological polar surface area (TPSA) is 280 Å². The van der Waals surface area contributed by atoms with Gasteiger partial charge in [0.05, 0.1) is 6.54 Å². The Hall–Kier alpha value is -2.44. The van der Waals surface area contributed by atoms with E-state index in [1.165, 1.54) is 0 Å². The van der Waals surface area contributed by atoms with Crippen LogP contribution >= 0.6 is 0 Å². The predicted octanol–water partition coefficient (Wildman–Crippen LogP) is -6.10.